The van der Waals surface area contributed by atoms with Gasteiger partial charge in [0.1, 0.15) is 10.9 Å². The molecule has 0 unspecified atom stereocenters. The summed E-state index contributed by atoms with van der Waals surface area (Å²) in [4.78, 5) is 36.8. The average molecular weight is 472 g/mol. The van der Waals surface area contributed by atoms with Crippen molar-refractivity contribution in [2.24, 2.45) is 5.92 Å². The fourth-order valence-electron chi connectivity index (χ4n) is 4.40. The van der Waals surface area contributed by atoms with Crippen LogP contribution in [0.1, 0.15) is 48.9 Å². The molecule has 1 saturated carbocycles. The van der Waals surface area contributed by atoms with Crippen molar-refractivity contribution in [3.63, 3.8) is 0 Å². The van der Waals surface area contributed by atoms with Crippen LogP contribution in [0.2, 0.25) is 5.15 Å². The normalized spacial score (nSPS) is 17.0. The Morgan fingerprint density at radius 3 is 2.52 bits per heavy atom. The SMILES string of the molecule is O=C(Nc1cnc(Cl)cn1)N1CCN(C(=O)c2cccc(OCCC3CCCCC3)c2)CC1. The van der Waals surface area contributed by atoms with Gasteiger partial charge in [-0.25, -0.2) is 14.8 Å². The van der Waals surface area contributed by atoms with E-state index in [0.29, 0.717) is 44.2 Å². The molecule has 1 aromatic carbocycles. The zero-order valence-electron chi connectivity index (χ0n) is 18.7. The molecule has 0 spiro atoms. The van der Waals surface area contributed by atoms with E-state index in [0.717, 1.165) is 18.1 Å². The molecule has 8 nitrogen and oxygen atoms in total. The van der Waals surface area contributed by atoms with Crippen molar-refractivity contribution in [2.45, 2.75) is 38.5 Å². The third-order valence-electron chi connectivity index (χ3n) is 6.31. The number of amides is 3. The quantitative estimate of drug-likeness (QED) is 0.671. The first-order valence-electron chi connectivity index (χ1n) is 11.6. The van der Waals surface area contributed by atoms with Gasteiger partial charge in [-0.05, 0) is 30.5 Å². The molecular weight excluding hydrogens is 442 g/mol. The molecule has 0 atom stereocenters. The Morgan fingerprint density at radius 1 is 1.03 bits per heavy atom. The second kappa shape index (κ2) is 11.3. The highest BCUT2D eigenvalue weighted by atomic mass is 35.5. The number of carbonyl (C=O) groups excluding carboxylic acids is 2. The number of halogens is 1. The lowest BCUT2D eigenvalue weighted by Gasteiger charge is -2.34. The number of nitrogens with zero attached hydrogens (tertiary/aromatic N) is 4. The van der Waals surface area contributed by atoms with Gasteiger partial charge in [0.2, 0.25) is 0 Å². The molecule has 0 bridgehead atoms. The Kier molecular flexibility index (Phi) is 7.99. The largest absolute Gasteiger partial charge is 0.494 e. The smallest absolute Gasteiger partial charge is 0.323 e. The Labute approximate surface area is 199 Å². The summed E-state index contributed by atoms with van der Waals surface area (Å²) in [6, 6.07) is 7.13. The van der Waals surface area contributed by atoms with Crippen molar-refractivity contribution in [3.05, 3.63) is 47.4 Å². The van der Waals surface area contributed by atoms with E-state index in [2.05, 4.69) is 15.3 Å². The van der Waals surface area contributed by atoms with Gasteiger partial charge in [-0.1, -0.05) is 49.8 Å². The summed E-state index contributed by atoms with van der Waals surface area (Å²) in [5, 5.41) is 2.96. The van der Waals surface area contributed by atoms with Crippen molar-refractivity contribution in [2.75, 3.05) is 38.1 Å². The molecule has 1 aromatic heterocycles. The average Bonchev–Trinajstić information content (AvgIpc) is 2.86. The predicted molar refractivity (Wildman–Crippen MR) is 127 cm³/mol. The zero-order valence-corrected chi connectivity index (χ0v) is 19.5. The van der Waals surface area contributed by atoms with Gasteiger partial charge in [-0.2, -0.15) is 0 Å². The van der Waals surface area contributed by atoms with Gasteiger partial charge in [0.15, 0.2) is 5.82 Å². The minimum atomic E-state index is -0.271. The van der Waals surface area contributed by atoms with Crippen LogP contribution < -0.4 is 10.1 Å². The number of anilines is 1. The number of carbonyl (C=O) groups is 2. The van der Waals surface area contributed by atoms with Gasteiger partial charge in [0.25, 0.3) is 5.91 Å². The number of nitrogens with one attached hydrogen (secondary N) is 1. The van der Waals surface area contributed by atoms with Crippen molar-refractivity contribution >= 4 is 29.4 Å². The number of aromatic nitrogens is 2. The van der Waals surface area contributed by atoms with E-state index in [4.69, 9.17) is 16.3 Å². The Balaban J connectivity index is 1.24. The van der Waals surface area contributed by atoms with Crippen molar-refractivity contribution in [1.82, 2.24) is 19.8 Å². The van der Waals surface area contributed by atoms with Gasteiger partial charge in [-0.3, -0.25) is 10.1 Å². The van der Waals surface area contributed by atoms with Gasteiger partial charge < -0.3 is 14.5 Å². The molecule has 0 radical (unpaired) electrons. The van der Waals surface area contributed by atoms with Crippen LogP contribution in [-0.4, -0.2) is 64.5 Å². The van der Waals surface area contributed by atoms with Crippen molar-refractivity contribution < 1.29 is 14.3 Å². The summed E-state index contributed by atoms with van der Waals surface area (Å²) in [5.74, 6) is 1.79. The van der Waals surface area contributed by atoms with Crippen LogP contribution in [0.4, 0.5) is 10.6 Å². The van der Waals surface area contributed by atoms with Gasteiger partial charge in [0.05, 0.1) is 19.0 Å². The summed E-state index contributed by atoms with van der Waals surface area (Å²) in [5.41, 5.74) is 0.611. The first kappa shape index (κ1) is 23.3. The van der Waals surface area contributed by atoms with Gasteiger partial charge >= 0.3 is 6.03 Å². The minimum Gasteiger partial charge on any atom is -0.494 e. The zero-order chi connectivity index (χ0) is 23.0. The maximum absolute atomic E-state index is 13.0. The number of piperazine rings is 1. The number of hydrogen-bond donors (Lipinski definition) is 1. The van der Waals surface area contributed by atoms with Gasteiger partial charge in [0, 0.05) is 31.7 Å². The summed E-state index contributed by atoms with van der Waals surface area (Å²) in [7, 11) is 0. The highest BCUT2D eigenvalue weighted by Crippen LogP contribution is 2.26. The van der Waals surface area contributed by atoms with E-state index >= 15 is 0 Å². The van der Waals surface area contributed by atoms with Crippen LogP contribution in [-0.2, 0) is 0 Å². The second-order valence-corrected chi connectivity index (χ2v) is 8.99. The molecule has 4 rings (SSSR count). The van der Waals surface area contributed by atoms with Gasteiger partial charge in [-0.15, -0.1) is 0 Å². The monoisotopic (exact) mass is 471 g/mol. The minimum absolute atomic E-state index is 0.0450. The number of benzene rings is 1. The van der Waals surface area contributed by atoms with E-state index in [1.165, 1.54) is 44.5 Å². The first-order chi connectivity index (χ1) is 16.1. The third kappa shape index (κ3) is 6.57. The highest BCUT2D eigenvalue weighted by molar-refractivity contribution is 6.29. The molecule has 2 aliphatic rings. The lowest BCUT2D eigenvalue weighted by molar-refractivity contribution is 0.0671. The van der Waals surface area contributed by atoms with Crippen LogP contribution in [0, 0.1) is 5.92 Å². The standard InChI is InChI=1S/C24H30ClN5O3/c25-21-16-27-22(17-26-21)28-24(32)30-12-10-29(11-13-30)23(31)19-7-4-8-20(15-19)33-14-9-18-5-2-1-3-6-18/h4,7-8,15-18H,1-3,5-6,9-14H2,(H,27,28,32). The number of urea groups is 1. The lowest BCUT2D eigenvalue weighted by atomic mass is 9.87. The number of ether oxygens (including phenoxy) is 1. The molecule has 1 N–H and O–H groups in total. The number of hydrogen-bond acceptors (Lipinski definition) is 5. The molecule has 1 aliphatic carbocycles. The van der Waals surface area contributed by atoms with Crippen molar-refractivity contribution in [1.29, 1.82) is 0 Å². The predicted octanol–water partition coefficient (Wildman–Crippen LogP) is 4.47. The van der Waals surface area contributed by atoms with E-state index in [1.807, 2.05) is 24.3 Å². The van der Waals surface area contributed by atoms with E-state index in [1.54, 1.807) is 9.80 Å². The molecule has 2 aromatic rings. The Hall–Kier alpha value is -2.87. The van der Waals surface area contributed by atoms with E-state index < -0.39 is 0 Å². The molecule has 1 saturated heterocycles. The molecule has 33 heavy (non-hydrogen) atoms. The van der Waals surface area contributed by atoms with Crippen LogP contribution in [0.25, 0.3) is 0 Å². The maximum atomic E-state index is 13.0. The maximum Gasteiger partial charge on any atom is 0.323 e. The molecule has 2 heterocycles. The van der Waals surface area contributed by atoms with Crippen LogP contribution in [0.15, 0.2) is 36.7 Å². The molecule has 1 aliphatic heterocycles. The summed E-state index contributed by atoms with van der Waals surface area (Å²) >= 11 is 5.72. The molecule has 9 heteroatoms. The fourth-order valence-corrected chi connectivity index (χ4v) is 4.50. The topological polar surface area (TPSA) is 87.7 Å². The molecule has 3 amide bonds. The Bertz CT molecular complexity index is 941. The van der Waals surface area contributed by atoms with Crippen LogP contribution >= 0.6 is 11.6 Å². The van der Waals surface area contributed by atoms with Crippen molar-refractivity contribution in [3.8, 4) is 5.75 Å². The summed E-state index contributed by atoms with van der Waals surface area (Å²) in [6.45, 7) is 2.50. The summed E-state index contributed by atoms with van der Waals surface area (Å²) < 4.78 is 5.95. The molecule has 176 valence electrons. The second-order valence-electron chi connectivity index (χ2n) is 8.60. The fraction of sp³-hybridized carbons (Fsp3) is 0.500. The highest BCUT2D eigenvalue weighted by Gasteiger charge is 2.25. The number of rotatable bonds is 6. The van der Waals surface area contributed by atoms with Crippen LogP contribution in [0.5, 0.6) is 5.75 Å². The Morgan fingerprint density at radius 2 is 1.79 bits per heavy atom. The lowest BCUT2D eigenvalue weighted by Crippen LogP contribution is -2.51. The first-order valence-corrected chi connectivity index (χ1v) is 12.0. The van der Waals surface area contributed by atoms with E-state index in [9.17, 15) is 9.59 Å². The molecule has 2 fully saturated rings. The summed E-state index contributed by atoms with van der Waals surface area (Å²) in [6.07, 6.45) is 10.5. The third-order valence-corrected chi connectivity index (χ3v) is 6.51. The van der Waals surface area contributed by atoms with Crippen LogP contribution in [0.3, 0.4) is 0 Å². The van der Waals surface area contributed by atoms with E-state index in [-0.39, 0.29) is 17.1 Å². The molecular formula is C24H30ClN5O3.